The Kier molecular flexibility index (Phi) is 5.24. The molecule has 0 radical (unpaired) electrons. The molecule has 1 rings (SSSR count). The van der Waals surface area contributed by atoms with E-state index in [1.807, 2.05) is 0 Å². The molecule has 0 heterocycles. The van der Waals surface area contributed by atoms with E-state index >= 15 is 0 Å². The van der Waals surface area contributed by atoms with E-state index in [0.29, 0.717) is 4.47 Å². The van der Waals surface area contributed by atoms with Crippen LogP contribution in [-0.2, 0) is 10.0 Å². The molecule has 0 spiro atoms. The summed E-state index contributed by atoms with van der Waals surface area (Å²) in [6, 6.07) is 4.20. The van der Waals surface area contributed by atoms with Crippen LogP contribution < -0.4 is 10.0 Å². The van der Waals surface area contributed by atoms with E-state index in [-0.39, 0.29) is 18.7 Å². The fraction of sp³-hybridized carbons (Fsp3) is 0.300. The second kappa shape index (κ2) is 6.26. The van der Waals surface area contributed by atoms with Crippen LogP contribution in [0.25, 0.3) is 0 Å². The van der Waals surface area contributed by atoms with Crippen molar-refractivity contribution in [3.63, 3.8) is 0 Å². The zero-order chi connectivity index (χ0) is 13.8. The number of amides is 1. The van der Waals surface area contributed by atoms with Crippen molar-refractivity contribution in [2.75, 3.05) is 19.3 Å². The van der Waals surface area contributed by atoms with Crippen molar-refractivity contribution < 1.29 is 17.6 Å². The number of carbonyl (C=O) groups excluding carboxylic acids is 1. The van der Waals surface area contributed by atoms with Gasteiger partial charge in [0.2, 0.25) is 10.0 Å². The van der Waals surface area contributed by atoms with Gasteiger partial charge in [0.25, 0.3) is 5.91 Å². The van der Waals surface area contributed by atoms with Crippen LogP contribution >= 0.6 is 15.9 Å². The van der Waals surface area contributed by atoms with E-state index in [1.165, 1.54) is 12.1 Å². The maximum absolute atomic E-state index is 13.4. The van der Waals surface area contributed by atoms with Crippen LogP contribution in [0.4, 0.5) is 4.39 Å². The highest BCUT2D eigenvalue weighted by Crippen LogP contribution is 2.19. The average Bonchev–Trinajstić information content (AvgIpc) is 2.23. The molecule has 0 saturated heterocycles. The van der Waals surface area contributed by atoms with Crippen molar-refractivity contribution in [3.8, 4) is 0 Å². The summed E-state index contributed by atoms with van der Waals surface area (Å²) in [5.41, 5.74) is -0.100. The van der Waals surface area contributed by atoms with Crippen LogP contribution in [0.15, 0.2) is 22.7 Å². The third kappa shape index (κ3) is 4.71. The van der Waals surface area contributed by atoms with Gasteiger partial charge in [0.15, 0.2) is 0 Å². The van der Waals surface area contributed by atoms with Gasteiger partial charge in [-0.3, -0.25) is 4.79 Å². The molecular formula is C10H12BrFN2O3S. The van der Waals surface area contributed by atoms with E-state index in [0.717, 1.165) is 6.26 Å². The molecule has 1 aromatic rings. The maximum atomic E-state index is 13.4. The molecule has 0 atom stereocenters. The fourth-order valence-corrected chi connectivity index (χ4v) is 2.21. The second-order valence-corrected chi connectivity index (χ2v) is 6.21. The van der Waals surface area contributed by atoms with Gasteiger partial charge < -0.3 is 5.32 Å². The minimum absolute atomic E-state index is 0.0522. The molecule has 8 heteroatoms. The van der Waals surface area contributed by atoms with Gasteiger partial charge in [0.05, 0.1) is 11.8 Å². The van der Waals surface area contributed by atoms with Gasteiger partial charge in [-0.1, -0.05) is 6.07 Å². The Bertz CT molecular complexity index is 528. The molecule has 100 valence electrons. The first kappa shape index (κ1) is 15.1. The molecule has 18 heavy (non-hydrogen) atoms. The third-order valence-electron chi connectivity index (χ3n) is 1.96. The van der Waals surface area contributed by atoms with E-state index in [1.54, 1.807) is 6.07 Å². The molecular weight excluding hydrogens is 327 g/mol. The Morgan fingerprint density at radius 3 is 2.61 bits per heavy atom. The summed E-state index contributed by atoms with van der Waals surface area (Å²) in [6.07, 6.45) is 1.02. The molecule has 1 aromatic carbocycles. The zero-order valence-electron chi connectivity index (χ0n) is 9.54. The summed E-state index contributed by atoms with van der Waals surface area (Å²) >= 11 is 3.08. The SMILES string of the molecule is CS(=O)(=O)NCCNC(=O)c1c(F)cccc1Br. The lowest BCUT2D eigenvalue weighted by atomic mass is 10.2. The number of hydrogen-bond acceptors (Lipinski definition) is 3. The quantitative estimate of drug-likeness (QED) is 0.782. The van der Waals surface area contributed by atoms with Crippen molar-refractivity contribution >= 4 is 31.9 Å². The maximum Gasteiger partial charge on any atom is 0.255 e. The van der Waals surface area contributed by atoms with E-state index < -0.39 is 21.7 Å². The summed E-state index contributed by atoms with van der Waals surface area (Å²) < 4.78 is 37.5. The topological polar surface area (TPSA) is 75.3 Å². The molecule has 0 aliphatic carbocycles. The second-order valence-electron chi connectivity index (χ2n) is 3.52. The summed E-state index contributed by atoms with van der Waals surface area (Å²) in [6.45, 7) is 0.128. The van der Waals surface area contributed by atoms with Crippen molar-refractivity contribution in [3.05, 3.63) is 34.1 Å². The van der Waals surface area contributed by atoms with Gasteiger partial charge >= 0.3 is 0 Å². The highest BCUT2D eigenvalue weighted by molar-refractivity contribution is 9.10. The van der Waals surface area contributed by atoms with E-state index in [2.05, 4.69) is 26.0 Å². The largest absolute Gasteiger partial charge is 0.351 e. The highest BCUT2D eigenvalue weighted by atomic mass is 79.9. The Hall–Kier alpha value is -0.990. The molecule has 0 unspecified atom stereocenters. The van der Waals surface area contributed by atoms with Gasteiger partial charge in [0.1, 0.15) is 5.82 Å². The van der Waals surface area contributed by atoms with Crippen LogP contribution in [0, 0.1) is 5.82 Å². The number of benzene rings is 1. The predicted octanol–water partition coefficient (Wildman–Crippen LogP) is 0.867. The number of carbonyl (C=O) groups is 1. The van der Waals surface area contributed by atoms with Crippen LogP contribution in [0.5, 0.6) is 0 Å². The fourth-order valence-electron chi connectivity index (χ4n) is 1.22. The minimum atomic E-state index is -3.29. The molecule has 0 aliphatic rings. The Morgan fingerprint density at radius 2 is 2.06 bits per heavy atom. The molecule has 0 aromatic heterocycles. The highest BCUT2D eigenvalue weighted by Gasteiger charge is 2.14. The first-order chi connectivity index (χ1) is 8.31. The van der Waals surface area contributed by atoms with Gasteiger partial charge in [0, 0.05) is 17.6 Å². The van der Waals surface area contributed by atoms with Gasteiger partial charge in [-0.15, -0.1) is 0 Å². The van der Waals surface area contributed by atoms with Gasteiger partial charge in [-0.25, -0.2) is 17.5 Å². The van der Waals surface area contributed by atoms with Gasteiger partial charge in [-0.2, -0.15) is 0 Å². The lowest BCUT2D eigenvalue weighted by Crippen LogP contribution is -2.34. The number of halogens is 2. The van der Waals surface area contributed by atoms with Crippen molar-refractivity contribution in [1.82, 2.24) is 10.0 Å². The summed E-state index contributed by atoms with van der Waals surface area (Å²) in [4.78, 5) is 11.7. The molecule has 2 N–H and O–H groups in total. The summed E-state index contributed by atoms with van der Waals surface area (Å²) in [5.74, 6) is -1.24. The van der Waals surface area contributed by atoms with Crippen molar-refractivity contribution in [2.24, 2.45) is 0 Å². The van der Waals surface area contributed by atoms with E-state index in [4.69, 9.17) is 0 Å². The predicted molar refractivity (Wildman–Crippen MR) is 69.3 cm³/mol. The molecule has 0 bridgehead atoms. The Labute approximate surface area is 113 Å². The van der Waals surface area contributed by atoms with Crippen LogP contribution in [0.1, 0.15) is 10.4 Å². The molecule has 0 saturated carbocycles. The standard InChI is InChI=1S/C10H12BrFN2O3S/c1-18(16,17)14-6-5-13-10(15)9-7(11)3-2-4-8(9)12/h2-4,14H,5-6H2,1H3,(H,13,15). The smallest absolute Gasteiger partial charge is 0.255 e. The number of nitrogens with one attached hydrogen (secondary N) is 2. The van der Waals surface area contributed by atoms with Crippen LogP contribution in [0.3, 0.4) is 0 Å². The normalized spacial score (nSPS) is 11.3. The lowest BCUT2D eigenvalue weighted by molar-refractivity contribution is 0.0949. The molecule has 0 fully saturated rings. The lowest BCUT2D eigenvalue weighted by Gasteiger charge is -2.08. The number of rotatable bonds is 5. The van der Waals surface area contributed by atoms with Crippen molar-refractivity contribution in [1.29, 1.82) is 0 Å². The van der Waals surface area contributed by atoms with Crippen LogP contribution in [-0.4, -0.2) is 33.7 Å². The number of hydrogen-bond donors (Lipinski definition) is 2. The average molecular weight is 339 g/mol. The Balaban J connectivity index is 2.56. The third-order valence-corrected chi connectivity index (χ3v) is 3.35. The zero-order valence-corrected chi connectivity index (χ0v) is 11.9. The molecule has 1 amide bonds. The van der Waals surface area contributed by atoms with Crippen molar-refractivity contribution in [2.45, 2.75) is 0 Å². The van der Waals surface area contributed by atoms with Gasteiger partial charge in [-0.05, 0) is 28.1 Å². The van der Waals surface area contributed by atoms with Crippen LogP contribution in [0.2, 0.25) is 0 Å². The summed E-state index contributed by atoms with van der Waals surface area (Å²) in [5, 5.41) is 2.42. The number of sulfonamides is 1. The first-order valence-corrected chi connectivity index (χ1v) is 7.66. The Morgan fingerprint density at radius 1 is 1.39 bits per heavy atom. The monoisotopic (exact) mass is 338 g/mol. The molecule has 0 aliphatic heterocycles. The summed E-state index contributed by atoms with van der Waals surface area (Å²) in [7, 11) is -3.29. The first-order valence-electron chi connectivity index (χ1n) is 4.98. The molecule has 5 nitrogen and oxygen atoms in total. The minimum Gasteiger partial charge on any atom is -0.351 e. The van der Waals surface area contributed by atoms with E-state index in [9.17, 15) is 17.6 Å².